The Labute approximate surface area is 97.5 Å². The molecule has 0 aliphatic heterocycles. The molecule has 1 amide bonds. The lowest BCUT2D eigenvalue weighted by molar-refractivity contribution is -0.277. The highest BCUT2D eigenvalue weighted by Crippen LogP contribution is 2.40. The molecular formula is C7H8F6N2OS. The van der Waals surface area contributed by atoms with Crippen LogP contribution < -0.4 is 5.73 Å². The summed E-state index contributed by atoms with van der Waals surface area (Å²) in [5.41, 5.74) is 4.92. The average Bonchev–Trinajstić information content (AvgIpc) is 1.96. The van der Waals surface area contributed by atoms with Crippen molar-refractivity contribution in [2.24, 2.45) is 11.7 Å². The maximum atomic E-state index is 12.1. The Hall–Kier alpha value is -1.06. The molecule has 0 spiro atoms. The van der Waals surface area contributed by atoms with E-state index in [1.165, 1.54) is 0 Å². The Morgan fingerprint density at radius 2 is 1.59 bits per heavy atom. The van der Waals surface area contributed by atoms with Crippen LogP contribution in [-0.4, -0.2) is 41.7 Å². The molecule has 0 saturated carbocycles. The Bertz CT molecular complexity index is 298. The molecule has 0 aliphatic rings. The third-order valence-electron chi connectivity index (χ3n) is 1.67. The van der Waals surface area contributed by atoms with Gasteiger partial charge >= 0.3 is 12.4 Å². The number of nitrogens with two attached hydrogens (primary N) is 1. The zero-order chi connectivity index (χ0) is 14.0. The molecule has 3 nitrogen and oxygen atoms in total. The molecule has 0 aromatic rings. The summed E-state index contributed by atoms with van der Waals surface area (Å²) in [4.78, 5) is 10.8. The maximum absolute atomic E-state index is 12.1. The van der Waals surface area contributed by atoms with E-state index < -0.39 is 30.7 Å². The van der Waals surface area contributed by atoms with Gasteiger partial charge in [0.05, 0.1) is 11.5 Å². The lowest BCUT2D eigenvalue weighted by atomic mass is 10.1. The molecule has 0 heterocycles. The standard InChI is InChI=1S/C7H8F6N2OS/c1-15(2-3(14)17)5(16)4(6(8,9)10)7(11,12)13/h4H,2H2,1H3,(H2,14,17). The summed E-state index contributed by atoms with van der Waals surface area (Å²) in [5.74, 6) is -6.20. The fraction of sp³-hybridized carbons (Fsp3) is 0.714. The van der Waals surface area contributed by atoms with Crippen LogP contribution in [0.25, 0.3) is 0 Å². The van der Waals surface area contributed by atoms with Gasteiger partial charge in [-0.1, -0.05) is 12.2 Å². The van der Waals surface area contributed by atoms with Gasteiger partial charge in [-0.05, 0) is 0 Å². The van der Waals surface area contributed by atoms with Crippen LogP contribution in [0.2, 0.25) is 0 Å². The van der Waals surface area contributed by atoms with Gasteiger partial charge in [-0.3, -0.25) is 4.79 Å². The lowest BCUT2D eigenvalue weighted by Crippen LogP contribution is -2.49. The molecule has 0 bridgehead atoms. The average molecular weight is 282 g/mol. The summed E-state index contributed by atoms with van der Waals surface area (Å²) in [6, 6.07) is 0. The summed E-state index contributed by atoms with van der Waals surface area (Å²) in [6.45, 7) is -0.656. The predicted molar refractivity (Wildman–Crippen MR) is 50.0 cm³/mol. The van der Waals surface area contributed by atoms with Crippen molar-refractivity contribution in [3.05, 3.63) is 0 Å². The van der Waals surface area contributed by atoms with Crippen molar-refractivity contribution in [3.63, 3.8) is 0 Å². The molecular weight excluding hydrogens is 274 g/mol. The van der Waals surface area contributed by atoms with E-state index in [9.17, 15) is 31.1 Å². The number of likely N-dealkylation sites (N-methyl/N-ethyl adjacent to an activating group) is 1. The summed E-state index contributed by atoms with van der Waals surface area (Å²) in [7, 11) is 0.756. The molecule has 0 rings (SSSR count). The van der Waals surface area contributed by atoms with Crippen molar-refractivity contribution < 1.29 is 31.1 Å². The van der Waals surface area contributed by atoms with Crippen LogP contribution in [-0.2, 0) is 4.79 Å². The van der Waals surface area contributed by atoms with Crippen molar-refractivity contribution in [1.29, 1.82) is 0 Å². The molecule has 0 radical (unpaired) electrons. The Balaban J connectivity index is 5.09. The Morgan fingerprint density at radius 1 is 1.24 bits per heavy atom. The minimum Gasteiger partial charge on any atom is -0.392 e. The number of nitrogens with zero attached hydrogens (tertiary/aromatic N) is 1. The van der Waals surface area contributed by atoms with Crippen LogP contribution in [0.5, 0.6) is 0 Å². The van der Waals surface area contributed by atoms with E-state index >= 15 is 0 Å². The number of alkyl halides is 6. The maximum Gasteiger partial charge on any atom is 0.409 e. The molecule has 100 valence electrons. The second-order valence-electron chi connectivity index (χ2n) is 3.18. The van der Waals surface area contributed by atoms with Crippen LogP contribution in [0.3, 0.4) is 0 Å². The third-order valence-corrected chi connectivity index (χ3v) is 1.80. The molecule has 0 saturated heterocycles. The summed E-state index contributed by atoms with van der Waals surface area (Å²) < 4.78 is 72.8. The molecule has 17 heavy (non-hydrogen) atoms. The third kappa shape index (κ3) is 4.75. The van der Waals surface area contributed by atoms with Crippen molar-refractivity contribution in [2.75, 3.05) is 13.6 Å². The van der Waals surface area contributed by atoms with Gasteiger partial charge in [0.1, 0.15) is 0 Å². The fourth-order valence-electron chi connectivity index (χ4n) is 0.998. The van der Waals surface area contributed by atoms with E-state index in [2.05, 4.69) is 12.2 Å². The van der Waals surface area contributed by atoms with Gasteiger partial charge in [-0.2, -0.15) is 26.3 Å². The quantitative estimate of drug-likeness (QED) is 0.630. The zero-order valence-corrected chi connectivity index (χ0v) is 9.21. The first-order valence-electron chi connectivity index (χ1n) is 4.04. The highest BCUT2D eigenvalue weighted by Gasteiger charge is 2.61. The predicted octanol–water partition coefficient (Wildman–Crippen LogP) is 1.47. The van der Waals surface area contributed by atoms with E-state index in [0.29, 0.717) is 0 Å². The molecule has 2 N–H and O–H groups in total. The topological polar surface area (TPSA) is 46.3 Å². The minimum atomic E-state index is -5.71. The van der Waals surface area contributed by atoms with E-state index in [-0.39, 0.29) is 9.89 Å². The second-order valence-corrected chi connectivity index (χ2v) is 3.70. The SMILES string of the molecule is CN(CC(N)=S)C(=O)C(C(F)(F)F)C(F)(F)F. The van der Waals surface area contributed by atoms with Crippen LogP contribution in [0.15, 0.2) is 0 Å². The second kappa shape index (κ2) is 5.07. The van der Waals surface area contributed by atoms with Gasteiger partial charge in [0, 0.05) is 7.05 Å². The largest absolute Gasteiger partial charge is 0.409 e. The zero-order valence-electron chi connectivity index (χ0n) is 8.39. The van der Waals surface area contributed by atoms with Crippen molar-refractivity contribution in [1.82, 2.24) is 4.90 Å². The van der Waals surface area contributed by atoms with E-state index in [1.54, 1.807) is 0 Å². The molecule has 10 heteroatoms. The number of thiocarbonyl (C=S) groups is 1. The smallest absolute Gasteiger partial charge is 0.392 e. The van der Waals surface area contributed by atoms with Crippen LogP contribution in [0.4, 0.5) is 26.3 Å². The number of halogens is 6. The molecule has 0 unspecified atom stereocenters. The monoisotopic (exact) mass is 282 g/mol. The lowest BCUT2D eigenvalue weighted by Gasteiger charge is -2.26. The van der Waals surface area contributed by atoms with Gasteiger partial charge in [0.25, 0.3) is 0 Å². The fourth-order valence-corrected chi connectivity index (χ4v) is 1.19. The molecule has 0 fully saturated rings. The van der Waals surface area contributed by atoms with Gasteiger partial charge < -0.3 is 10.6 Å². The van der Waals surface area contributed by atoms with E-state index in [4.69, 9.17) is 5.73 Å². The number of carbonyl (C=O) groups excluding carboxylic acids is 1. The van der Waals surface area contributed by atoms with Gasteiger partial charge in [0.2, 0.25) is 11.8 Å². The molecule has 0 atom stereocenters. The first-order valence-corrected chi connectivity index (χ1v) is 4.45. The highest BCUT2D eigenvalue weighted by molar-refractivity contribution is 7.80. The van der Waals surface area contributed by atoms with Crippen LogP contribution in [0, 0.1) is 5.92 Å². The molecule has 0 aromatic heterocycles. The van der Waals surface area contributed by atoms with Gasteiger partial charge in [0.15, 0.2) is 0 Å². The molecule has 0 aromatic carbocycles. The minimum absolute atomic E-state index is 0.188. The van der Waals surface area contributed by atoms with Gasteiger partial charge in [-0.15, -0.1) is 0 Å². The summed E-state index contributed by atoms with van der Waals surface area (Å²) in [5, 5.41) is 0. The number of carbonyl (C=O) groups is 1. The summed E-state index contributed by atoms with van der Waals surface area (Å²) in [6.07, 6.45) is -11.4. The number of hydrogen-bond acceptors (Lipinski definition) is 2. The molecule has 0 aliphatic carbocycles. The van der Waals surface area contributed by atoms with Crippen LogP contribution in [0.1, 0.15) is 0 Å². The van der Waals surface area contributed by atoms with Crippen molar-refractivity contribution in [2.45, 2.75) is 12.4 Å². The Morgan fingerprint density at radius 3 is 1.82 bits per heavy atom. The number of rotatable bonds is 3. The number of hydrogen-bond donors (Lipinski definition) is 1. The van der Waals surface area contributed by atoms with Gasteiger partial charge in [-0.25, -0.2) is 0 Å². The van der Waals surface area contributed by atoms with Crippen molar-refractivity contribution >= 4 is 23.1 Å². The van der Waals surface area contributed by atoms with E-state index in [1.807, 2.05) is 0 Å². The van der Waals surface area contributed by atoms with Crippen LogP contribution >= 0.6 is 12.2 Å². The first-order chi connectivity index (χ1) is 7.37. The van der Waals surface area contributed by atoms with Crippen molar-refractivity contribution in [3.8, 4) is 0 Å². The first kappa shape index (κ1) is 15.9. The Kier molecular flexibility index (Phi) is 4.75. The number of amides is 1. The normalized spacial score (nSPS) is 12.7. The summed E-state index contributed by atoms with van der Waals surface area (Å²) >= 11 is 4.29. The van der Waals surface area contributed by atoms with E-state index in [0.717, 1.165) is 7.05 Å². The highest BCUT2D eigenvalue weighted by atomic mass is 32.1.